The molecule has 0 fully saturated rings. The molecule has 8 nitrogen and oxygen atoms in total. The summed E-state index contributed by atoms with van der Waals surface area (Å²) in [5.41, 5.74) is 2.16. The molecule has 0 atom stereocenters. The molecular weight excluding hydrogens is 384 g/mol. The highest BCUT2D eigenvalue weighted by molar-refractivity contribution is 6.30. The number of amides is 2. The standard InChI is InChI=1S/C19H21ClN4O4/c1-12-8-16(17(24(27)28)9-13(12)2)22-19(26)11-23(3)10-18(25)21-15-6-4-14(20)5-7-15/h4-9H,10-11H2,1-3H3,(H,21,25)(H,22,26). The van der Waals surface area contributed by atoms with Gasteiger partial charge in [-0.05, 0) is 62.4 Å². The van der Waals surface area contributed by atoms with Crippen molar-refractivity contribution in [1.29, 1.82) is 0 Å². The summed E-state index contributed by atoms with van der Waals surface area (Å²) in [6, 6.07) is 9.65. The molecule has 0 bridgehead atoms. The fraction of sp³-hybridized carbons (Fsp3) is 0.263. The topological polar surface area (TPSA) is 105 Å². The van der Waals surface area contributed by atoms with Crippen molar-refractivity contribution < 1.29 is 14.5 Å². The minimum absolute atomic E-state index is 0.0228. The van der Waals surface area contributed by atoms with Crippen molar-refractivity contribution in [2.24, 2.45) is 0 Å². The van der Waals surface area contributed by atoms with Crippen molar-refractivity contribution in [2.45, 2.75) is 13.8 Å². The number of anilines is 2. The van der Waals surface area contributed by atoms with Gasteiger partial charge in [0.1, 0.15) is 5.69 Å². The average molecular weight is 405 g/mol. The molecule has 0 aliphatic carbocycles. The molecule has 2 rings (SSSR count). The van der Waals surface area contributed by atoms with E-state index in [1.807, 2.05) is 6.92 Å². The zero-order valence-electron chi connectivity index (χ0n) is 15.8. The van der Waals surface area contributed by atoms with Crippen molar-refractivity contribution in [2.75, 3.05) is 30.8 Å². The van der Waals surface area contributed by atoms with Gasteiger partial charge in [0.25, 0.3) is 5.69 Å². The molecule has 0 spiro atoms. The first-order chi connectivity index (χ1) is 13.2. The van der Waals surface area contributed by atoms with Gasteiger partial charge in [0, 0.05) is 16.8 Å². The molecule has 0 aliphatic heterocycles. The smallest absolute Gasteiger partial charge is 0.293 e. The number of benzene rings is 2. The summed E-state index contributed by atoms with van der Waals surface area (Å²) in [5.74, 6) is -0.747. The number of carbonyl (C=O) groups excluding carboxylic acids is 2. The Morgan fingerprint density at radius 1 is 1.04 bits per heavy atom. The highest BCUT2D eigenvalue weighted by Crippen LogP contribution is 2.27. The molecule has 0 radical (unpaired) electrons. The van der Waals surface area contributed by atoms with Crippen LogP contribution in [-0.2, 0) is 9.59 Å². The summed E-state index contributed by atoms with van der Waals surface area (Å²) in [5, 5.41) is 17.0. The van der Waals surface area contributed by atoms with E-state index in [0.29, 0.717) is 10.7 Å². The third kappa shape index (κ3) is 6.04. The summed E-state index contributed by atoms with van der Waals surface area (Å²) in [6.07, 6.45) is 0. The molecule has 2 N–H and O–H groups in total. The monoisotopic (exact) mass is 404 g/mol. The number of nitrogens with one attached hydrogen (secondary N) is 2. The summed E-state index contributed by atoms with van der Waals surface area (Å²) in [4.78, 5) is 36.5. The molecule has 148 valence electrons. The number of halogens is 1. The highest BCUT2D eigenvalue weighted by Gasteiger charge is 2.18. The lowest BCUT2D eigenvalue weighted by Gasteiger charge is -2.16. The minimum atomic E-state index is -0.536. The molecule has 0 heterocycles. The molecule has 9 heteroatoms. The van der Waals surface area contributed by atoms with Crippen LogP contribution in [0.1, 0.15) is 11.1 Å². The van der Waals surface area contributed by atoms with Gasteiger partial charge in [0.15, 0.2) is 0 Å². The van der Waals surface area contributed by atoms with Crippen molar-refractivity contribution in [1.82, 2.24) is 4.90 Å². The van der Waals surface area contributed by atoms with Crippen LogP contribution in [0.15, 0.2) is 36.4 Å². The predicted octanol–water partition coefficient (Wildman–Crippen LogP) is 3.37. The molecule has 0 unspecified atom stereocenters. The molecule has 2 aromatic rings. The van der Waals surface area contributed by atoms with Crippen LogP contribution in [0.2, 0.25) is 5.02 Å². The van der Waals surface area contributed by atoms with E-state index in [0.717, 1.165) is 11.1 Å². The number of hydrogen-bond acceptors (Lipinski definition) is 5. The number of hydrogen-bond donors (Lipinski definition) is 2. The van der Waals surface area contributed by atoms with Crippen molar-refractivity contribution in [3.8, 4) is 0 Å². The summed E-state index contributed by atoms with van der Waals surface area (Å²) in [6.45, 7) is 3.45. The van der Waals surface area contributed by atoms with Gasteiger partial charge in [-0.1, -0.05) is 11.6 Å². The Kier molecular flexibility index (Phi) is 7.08. The number of carbonyl (C=O) groups is 2. The summed E-state index contributed by atoms with van der Waals surface area (Å²) < 4.78 is 0. The number of nitro benzene ring substituents is 1. The Morgan fingerprint density at radius 3 is 2.14 bits per heavy atom. The molecule has 0 saturated carbocycles. The second kappa shape index (κ2) is 9.29. The number of aryl methyl sites for hydroxylation is 2. The van der Waals surface area contributed by atoms with Crippen LogP contribution in [0.5, 0.6) is 0 Å². The fourth-order valence-corrected chi connectivity index (χ4v) is 2.65. The Labute approximate surface area is 167 Å². The van der Waals surface area contributed by atoms with E-state index in [-0.39, 0.29) is 30.4 Å². The van der Waals surface area contributed by atoms with Gasteiger partial charge >= 0.3 is 0 Å². The molecule has 2 amide bonds. The van der Waals surface area contributed by atoms with Gasteiger partial charge in [0.2, 0.25) is 11.8 Å². The molecule has 28 heavy (non-hydrogen) atoms. The number of likely N-dealkylation sites (N-methyl/N-ethyl adjacent to an activating group) is 1. The third-order valence-corrected chi connectivity index (χ3v) is 4.29. The third-order valence-electron chi connectivity index (χ3n) is 4.04. The second-order valence-corrected chi connectivity index (χ2v) is 6.92. The van der Waals surface area contributed by atoms with Gasteiger partial charge in [0.05, 0.1) is 18.0 Å². The highest BCUT2D eigenvalue weighted by atomic mass is 35.5. The lowest BCUT2D eigenvalue weighted by atomic mass is 10.1. The Balaban J connectivity index is 1.93. The lowest BCUT2D eigenvalue weighted by Crippen LogP contribution is -2.36. The second-order valence-electron chi connectivity index (χ2n) is 6.49. The zero-order valence-corrected chi connectivity index (χ0v) is 16.5. The molecule has 0 saturated heterocycles. The summed E-state index contributed by atoms with van der Waals surface area (Å²) >= 11 is 5.80. The first-order valence-electron chi connectivity index (χ1n) is 8.45. The number of rotatable bonds is 7. The molecule has 0 aromatic heterocycles. The van der Waals surface area contributed by atoms with E-state index in [4.69, 9.17) is 11.6 Å². The van der Waals surface area contributed by atoms with Crippen LogP contribution in [0, 0.1) is 24.0 Å². The van der Waals surface area contributed by atoms with Crippen molar-refractivity contribution in [3.05, 3.63) is 62.7 Å². The maximum Gasteiger partial charge on any atom is 0.293 e. The van der Waals surface area contributed by atoms with Crippen LogP contribution in [0.3, 0.4) is 0 Å². The van der Waals surface area contributed by atoms with Gasteiger partial charge in [-0.15, -0.1) is 0 Å². The number of nitrogens with zero attached hydrogens (tertiary/aromatic N) is 2. The van der Waals surface area contributed by atoms with Gasteiger partial charge < -0.3 is 10.6 Å². The van der Waals surface area contributed by atoms with Gasteiger partial charge in [-0.2, -0.15) is 0 Å². The minimum Gasteiger partial charge on any atom is -0.325 e. The fourth-order valence-electron chi connectivity index (χ4n) is 2.52. The average Bonchev–Trinajstić information content (AvgIpc) is 2.59. The van der Waals surface area contributed by atoms with E-state index >= 15 is 0 Å². The van der Waals surface area contributed by atoms with E-state index in [9.17, 15) is 19.7 Å². The van der Waals surface area contributed by atoms with E-state index in [1.165, 1.54) is 11.0 Å². The summed E-state index contributed by atoms with van der Waals surface area (Å²) in [7, 11) is 1.61. The molecule has 0 aliphatic rings. The van der Waals surface area contributed by atoms with Crippen LogP contribution in [0.4, 0.5) is 17.1 Å². The van der Waals surface area contributed by atoms with Gasteiger partial charge in [-0.3, -0.25) is 24.6 Å². The normalized spacial score (nSPS) is 10.6. The Morgan fingerprint density at radius 2 is 1.57 bits per heavy atom. The first-order valence-corrected chi connectivity index (χ1v) is 8.83. The van der Waals surface area contributed by atoms with Crippen LogP contribution in [0.25, 0.3) is 0 Å². The van der Waals surface area contributed by atoms with Crippen molar-refractivity contribution >= 4 is 40.5 Å². The van der Waals surface area contributed by atoms with Crippen LogP contribution < -0.4 is 10.6 Å². The van der Waals surface area contributed by atoms with Crippen molar-refractivity contribution in [3.63, 3.8) is 0 Å². The van der Waals surface area contributed by atoms with E-state index in [2.05, 4.69) is 10.6 Å². The zero-order chi connectivity index (χ0) is 20.8. The Hall–Kier alpha value is -2.97. The quantitative estimate of drug-likeness (QED) is 0.543. The predicted molar refractivity (Wildman–Crippen MR) is 109 cm³/mol. The first kappa shape index (κ1) is 21.3. The van der Waals surface area contributed by atoms with Gasteiger partial charge in [-0.25, -0.2) is 0 Å². The molecular formula is C19H21ClN4O4. The lowest BCUT2D eigenvalue weighted by molar-refractivity contribution is -0.384. The van der Waals surface area contributed by atoms with E-state index < -0.39 is 10.8 Å². The molecule has 2 aromatic carbocycles. The largest absolute Gasteiger partial charge is 0.325 e. The Bertz CT molecular complexity index is 900. The van der Waals surface area contributed by atoms with Crippen LogP contribution in [-0.4, -0.2) is 41.8 Å². The van der Waals surface area contributed by atoms with Crippen LogP contribution >= 0.6 is 11.6 Å². The maximum absolute atomic E-state index is 12.2. The number of nitro groups is 1. The SMILES string of the molecule is Cc1cc(NC(=O)CN(C)CC(=O)Nc2ccc(Cl)cc2)c([N+](=O)[O-])cc1C. The maximum atomic E-state index is 12.2. The van der Waals surface area contributed by atoms with E-state index in [1.54, 1.807) is 44.3 Å².